The van der Waals surface area contributed by atoms with Crippen molar-refractivity contribution in [1.82, 2.24) is 0 Å². The van der Waals surface area contributed by atoms with E-state index < -0.39 is 42.7 Å². The first-order valence-corrected chi connectivity index (χ1v) is 5.44. The van der Waals surface area contributed by atoms with Crippen molar-refractivity contribution in [1.29, 1.82) is 0 Å². The molecule has 8 nitrogen and oxygen atoms in total. The Kier molecular flexibility index (Phi) is 7.33. The summed E-state index contributed by atoms with van der Waals surface area (Å²) in [6.07, 6.45) is -10.3. The van der Waals surface area contributed by atoms with Crippen molar-refractivity contribution in [3.05, 3.63) is 0 Å². The van der Waals surface area contributed by atoms with Crippen LogP contribution in [0.3, 0.4) is 0 Å². The second-order valence-electron chi connectivity index (χ2n) is 3.94. The number of aliphatic carboxylic acids is 1. The highest BCUT2D eigenvalue weighted by molar-refractivity contribution is 5.70. The van der Waals surface area contributed by atoms with Crippen molar-refractivity contribution in [2.75, 3.05) is 13.2 Å². The number of carbonyl (C=O) groups excluding carboxylic acids is 1. The molecule has 0 saturated carbocycles. The minimum Gasteiger partial charge on any atom is -0.542 e. The monoisotopic (exact) mass is 307 g/mol. The molecule has 0 unspecified atom stereocenters. The normalized spacial score (nSPS) is 34.1. The maximum absolute atomic E-state index is 10.5. The van der Waals surface area contributed by atoms with Gasteiger partial charge in [0, 0.05) is 0 Å². The minimum atomic E-state index is -5.19. The Hall–Kier alpha value is -0.980. The van der Waals surface area contributed by atoms with Gasteiger partial charge in [-0.1, -0.05) is 0 Å². The average Bonchev–Trinajstić information content (AvgIpc) is 2.36. The van der Waals surface area contributed by atoms with Gasteiger partial charge in [-0.3, -0.25) is 0 Å². The second kappa shape index (κ2) is 7.71. The SMILES string of the molecule is O=C([O-])C(F)(F)F.[NH3+]C[C@H]1O[C@H](CO)[C@@H](O)[C@H](O)[C@@H]1O. The van der Waals surface area contributed by atoms with Crippen LogP contribution in [0.25, 0.3) is 0 Å². The largest absolute Gasteiger partial charge is 0.542 e. The van der Waals surface area contributed by atoms with Crippen LogP contribution in [0.4, 0.5) is 13.2 Å². The third-order valence-electron chi connectivity index (χ3n) is 2.51. The molecule has 1 rings (SSSR count). The van der Waals surface area contributed by atoms with Gasteiger partial charge < -0.3 is 40.8 Å². The minimum absolute atomic E-state index is 0.279. The molecule has 5 atom stereocenters. The number of aliphatic hydroxyl groups excluding tert-OH is 4. The Balaban J connectivity index is 0.000000441. The van der Waals surface area contributed by atoms with Crippen molar-refractivity contribution in [2.24, 2.45) is 0 Å². The van der Waals surface area contributed by atoms with E-state index in [2.05, 4.69) is 5.73 Å². The van der Waals surface area contributed by atoms with Gasteiger partial charge in [0.2, 0.25) is 0 Å². The molecule has 11 heteroatoms. The van der Waals surface area contributed by atoms with Gasteiger partial charge in [-0.25, -0.2) is 0 Å². The molecule has 0 aromatic rings. The third kappa shape index (κ3) is 5.19. The molecule has 20 heavy (non-hydrogen) atoms. The second-order valence-corrected chi connectivity index (χ2v) is 3.94. The van der Waals surface area contributed by atoms with E-state index in [0.29, 0.717) is 0 Å². The lowest BCUT2D eigenvalue weighted by molar-refractivity contribution is -0.403. The van der Waals surface area contributed by atoms with E-state index in [9.17, 15) is 28.5 Å². The van der Waals surface area contributed by atoms with Gasteiger partial charge in [0.05, 0.1) is 6.61 Å². The molecule has 1 saturated heterocycles. The van der Waals surface area contributed by atoms with Crippen molar-refractivity contribution >= 4 is 5.97 Å². The van der Waals surface area contributed by atoms with Gasteiger partial charge in [-0.05, 0) is 0 Å². The first-order valence-electron chi connectivity index (χ1n) is 5.44. The molecule has 0 aromatic carbocycles. The summed E-state index contributed by atoms with van der Waals surface area (Å²) in [4.78, 5) is 8.78. The number of carboxylic acids is 1. The summed E-state index contributed by atoms with van der Waals surface area (Å²) in [6.45, 7) is -0.108. The Morgan fingerprint density at radius 1 is 1.15 bits per heavy atom. The first kappa shape index (κ1) is 19.0. The van der Waals surface area contributed by atoms with Gasteiger partial charge in [-0.2, -0.15) is 13.2 Å². The van der Waals surface area contributed by atoms with Gasteiger partial charge in [0.25, 0.3) is 0 Å². The molecule has 0 amide bonds. The zero-order valence-electron chi connectivity index (χ0n) is 10.2. The molecule has 1 heterocycles. The maximum atomic E-state index is 10.5. The third-order valence-corrected chi connectivity index (χ3v) is 2.51. The summed E-state index contributed by atoms with van der Waals surface area (Å²) >= 11 is 0. The van der Waals surface area contributed by atoms with Gasteiger partial charge >= 0.3 is 6.18 Å². The number of quaternary nitrogens is 1. The lowest BCUT2D eigenvalue weighted by Crippen LogP contribution is -2.67. The summed E-state index contributed by atoms with van der Waals surface area (Å²) in [7, 11) is 0. The van der Waals surface area contributed by atoms with Crippen LogP contribution in [0.1, 0.15) is 0 Å². The zero-order chi connectivity index (χ0) is 16.1. The zero-order valence-corrected chi connectivity index (χ0v) is 10.2. The summed E-state index contributed by atoms with van der Waals surface area (Å²) in [5.74, 6) is -3.01. The summed E-state index contributed by atoms with van der Waals surface area (Å²) in [5.41, 5.74) is 3.53. The van der Waals surface area contributed by atoms with Crippen LogP contribution >= 0.6 is 0 Å². The topological polar surface area (TPSA) is 158 Å². The van der Waals surface area contributed by atoms with Crippen LogP contribution in [0.15, 0.2) is 0 Å². The van der Waals surface area contributed by atoms with Gasteiger partial charge in [-0.15, -0.1) is 0 Å². The highest BCUT2D eigenvalue weighted by Gasteiger charge is 2.43. The molecular weight excluding hydrogens is 291 g/mol. The molecule has 1 aliphatic heterocycles. The van der Waals surface area contributed by atoms with E-state index in [4.69, 9.17) is 19.7 Å². The standard InChI is InChI=1S/C7H15NO5.C2HF3O2/c8-1-3-5(10)7(12)6(11)4(2-9)13-3;3-2(4,5)1(6)7/h3-7,9-12H,1-2,8H2;(H,6,7)/t3-,4-,5-,6-,7-;/m1./s1. The van der Waals surface area contributed by atoms with E-state index in [1.165, 1.54) is 0 Å². The molecule has 0 bridgehead atoms. The van der Waals surface area contributed by atoms with Crippen molar-refractivity contribution in [3.8, 4) is 0 Å². The fourth-order valence-electron chi connectivity index (χ4n) is 1.42. The molecule has 1 fully saturated rings. The van der Waals surface area contributed by atoms with Crippen LogP contribution in [0.2, 0.25) is 0 Å². The number of rotatable bonds is 2. The number of hydrogen-bond acceptors (Lipinski definition) is 7. The van der Waals surface area contributed by atoms with Crippen molar-refractivity contribution < 1.29 is 54.0 Å². The number of hydrogen-bond donors (Lipinski definition) is 5. The predicted molar refractivity (Wildman–Crippen MR) is 52.6 cm³/mol. The molecule has 7 N–H and O–H groups in total. The van der Waals surface area contributed by atoms with E-state index in [1.54, 1.807) is 0 Å². The fourth-order valence-corrected chi connectivity index (χ4v) is 1.42. The Morgan fingerprint density at radius 3 is 1.85 bits per heavy atom. The Labute approximate surface area is 111 Å². The number of carboxylic acid groups (broad SMARTS) is 1. The summed E-state index contributed by atoms with van der Waals surface area (Å²) in [5, 5.41) is 45.6. The first-order chi connectivity index (χ1) is 9.06. The van der Waals surface area contributed by atoms with E-state index in [-0.39, 0.29) is 13.2 Å². The quantitative estimate of drug-likeness (QED) is 0.343. The van der Waals surface area contributed by atoms with Crippen molar-refractivity contribution in [3.63, 3.8) is 0 Å². The number of aliphatic hydroxyl groups is 4. The van der Waals surface area contributed by atoms with Crippen LogP contribution in [-0.2, 0) is 9.53 Å². The fraction of sp³-hybridized carbons (Fsp3) is 0.889. The molecule has 0 aromatic heterocycles. The Bertz CT molecular complexity index is 294. The van der Waals surface area contributed by atoms with Gasteiger partial charge in [0.1, 0.15) is 43.0 Å². The number of alkyl halides is 3. The lowest BCUT2D eigenvalue weighted by Gasteiger charge is -2.38. The summed E-state index contributed by atoms with van der Waals surface area (Å²) in [6, 6.07) is 0. The lowest BCUT2D eigenvalue weighted by atomic mass is 9.95. The Morgan fingerprint density at radius 2 is 1.55 bits per heavy atom. The van der Waals surface area contributed by atoms with E-state index in [1.807, 2.05) is 0 Å². The summed E-state index contributed by atoms with van der Waals surface area (Å²) < 4.78 is 36.7. The van der Waals surface area contributed by atoms with Gasteiger partial charge in [0.15, 0.2) is 0 Å². The van der Waals surface area contributed by atoms with Crippen LogP contribution in [0, 0.1) is 0 Å². The van der Waals surface area contributed by atoms with Crippen molar-refractivity contribution in [2.45, 2.75) is 36.7 Å². The van der Waals surface area contributed by atoms with Crippen LogP contribution in [-0.4, -0.2) is 76.2 Å². The number of halogens is 3. The molecule has 0 radical (unpaired) electrons. The highest BCUT2D eigenvalue weighted by atomic mass is 19.4. The molecular formula is C9H16F3NO7. The molecule has 120 valence electrons. The van der Waals surface area contributed by atoms with Crippen LogP contribution < -0.4 is 10.8 Å². The smallest absolute Gasteiger partial charge is 0.430 e. The number of carbonyl (C=O) groups is 1. The maximum Gasteiger partial charge on any atom is 0.430 e. The average molecular weight is 307 g/mol. The predicted octanol–water partition coefficient (Wildman–Crippen LogP) is -4.63. The molecule has 0 spiro atoms. The van der Waals surface area contributed by atoms with E-state index in [0.717, 1.165) is 0 Å². The molecule has 1 aliphatic rings. The molecule has 0 aliphatic carbocycles. The highest BCUT2D eigenvalue weighted by Crippen LogP contribution is 2.19. The van der Waals surface area contributed by atoms with Crippen LogP contribution in [0.5, 0.6) is 0 Å². The number of ether oxygens (including phenoxy) is 1. The van der Waals surface area contributed by atoms with E-state index >= 15 is 0 Å².